The van der Waals surface area contributed by atoms with E-state index >= 15 is 0 Å². The van der Waals surface area contributed by atoms with Gasteiger partial charge in [0.25, 0.3) is 0 Å². The van der Waals surface area contributed by atoms with Crippen molar-refractivity contribution in [2.75, 3.05) is 11.9 Å². The number of anilines is 1. The molecule has 8 nitrogen and oxygen atoms in total. The Hall–Kier alpha value is -2.42. The van der Waals surface area contributed by atoms with Gasteiger partial charge in [-0.3, -0.25) is 9.59 Å². The fraction of sp³-hybridized carbons (Fsp3) is 0.438. The minimum absolute atomic E-state index is 0.0553. The number of hydrogen-bond donors (Lipinski definition) is 2. The highest BCUT2D eigenvalue weighted by Gasteiger charge is 2.19. The molecular formula is C16H22N6O2S. The van der Waals surface area contributed by atoms with Gasteiger partial charge in [0.1, 0.15) is 0 Å². The van der Waals surface area contributed by atoms with Crippen LogP contribution in [0.3, 0.4) is 0 Å². The van der Waals surface area contributed by atoms with Crippen LogP contribution in [-0.4, -0.2) is 43.8 Å². The summed E-state index contributed by atoms with van der Waals surface area (Å²) in [6, 6.07) is 7.18. The molecule has 2 amide bonds. The van der Waals surface area contributed by atoms with Crippen LogP contribution >= 0.6 is 11.8 Å². The molecule has 0 radical (unpaired) electrons. The molecule has 1 aromatic heterocycles. The topological polar surface area (TPSA) is 102 Å². The Kier molecular flexibility index (Phi) is 6.51. The minimum Gasteiger partial charge on any atom is -0.355 e. The third-order valence-electron chi connectivity index (χ3n) is 3.19. The average molecular weight is 362 g/mol. The first-order chi connectivity index (χ1) is 11.9. The van der Waals surface area contributed by atoms with Gasteiger partial charge in [-0.15, -0.1) is 5.10 Å². The van der Waals surface area contributed by atoms with Gasteiger partial charge in [-0.1, -0.05) is 31.7 Å². The maximum absolute atomic E-state index is 12.1. The average Bonchev–Trinajstić information content (AvgIpc) is 3.00. The molecule has 134 valence electrons. The van der Waals surface area contributed by atoms with Crippen LogP contribution < -0.4 is 10.6 Å². The lowest BCUT2D eigenvalue weighted by Gasteiger charge is -2.13. The second-order valence-corrected chi connectivity index (χ2v) is 7.31. The van der Waals surface area contributed by atoms with Crippen LogP contribution in [0.15, 0.2) is 29.4 Å². The standard InChI is InChI=1S/C16H22N6O2S/c1-10(2)9-17-15(24)11(3)25-16-19-20-21-22(16)14-7-5-6-13(8-14)18-12(4)23/h5-8,10-11H,9H2,1-4H3,(H,17,24)(H,18,23). The summed E-state index contributed by atoms with van der Waals surface area (Å²) in [5, 5.41) is 17.5. The minimum atomic E-state index is -0.331. The third-order valence-corrected chi connectivity index (χ3v) is 4.22. The van der Waals surface area contributed by atoms with Gasteiger partial charge >= 0.3 is 0 Å². The van der Waals surface area contributed by atoms with E-state index in [0.717, 1.165) is 0 Å². The number of carbonyl (C=O) groups is 2. The number of nitrogens with zero attached hydrogens (tertiary/aromatic N) is 4. The molecule has 1 heterocycles. The molecule has 0 saturated carbocycles. The fourth-order valence-corrected chi connectivity index (χ4v) is 2.83. The van der Waals surface area contributed by atoms with E-state index in [1.165, 1.54) is 18.7 Å². The molecule has 0 saturated heterocycles. The van der Waals surface area contributed by atoms with Crippen LogP contribution in [0.5, 0.6) is 0 Å². The lowest BCUT2D eigenvalue weighted by atomic mass is 10.2. The number of benzene rings is 1. The Labute approximate surface area is 150 Å². The summed E-state index contributed by atoms with van der Waals surface area (Å²) in [5.74, 6) is 0.183. The molecular weight excluding hydrogens is 340 g/mol. The second-order valence-electron chi connectivity index (χ2n) is 6.00. The highest BCUT2D eigenvalue weighted by atomic mass is 32.2. The predicted octanol–water partition coefficient (Wildman–Crippen LogP) is 1.87. The summed E-state index contributed by atoms with van der Waals surface area (Å²) in [6.45, 7) is 7.98. The summed E-state index contributed by atoms with van der Waals surface area (Å²) in [7, 11) is 0. The Morgan fingerprint density at radius 1 is 1.28 bits per heavy atom. The SMILES string of the molecule is CC(=O)Nc1cccc(-n2nnnc2SC(C)C(=O)NCC(C)C)c1. The van der Waals surface area contributed by atoms with Crippen LogP contribution in [-0.2, 0) is 9.59 Å². The molecule has 2 N–H and O–H groups in total. The van der Waals surface area contributed by atoms with Gasteiger partial charge < -0.3 is 10.6 Å². The largest absolute Gasteiger partial charge is 0.355 e. The van der Waals surface area contributed by atoms with Gasteiger partial charge in [0.05, 0.1) is 10.9 Å². The maximum Gasteiger partial charge on any atom is 0.233 e. The van der Waals surface area contributed by atoms with Crippen LogP contribution in [0.25, 0.3) is 5.69 Å². The number of tetrazole rings is 1. The van der Waals surface area contributed by atoms with Crippen LogP contribution in [0.4, 0.5) is 5.69 Å². The van der Waals surface area contributed by atoms with E-state index in [1.807, 2.05) is 26.8 Å². The first kappa shape index (κ1) is 18.9. The highest BCUT2D eigenvalue weighted by molar-refractivity contribution is 8.00. The number of nitrogens with one attached hydrogen (secondary N) is 2. The second kappa shape index (κ2) is 8.61. The molecule has 0 aliphatic rings. The first-order valence-corrected chi connectivity index (χ1v) is 8.85. The van der Waals surface area contributed by atoms with E-state index in [9.17, 15) is 9.59 Å². The van der Waals surface area contributed by atoms with Gasteiger partial charge in [-0.05, 0) is 41.5 Å². The summed E-state index contributed by atoms with van der Waals surface area (Å²) in [6.07, 6.45) is 0. The molecule has 25 heavy (non-hydrogen) atoms. The van der Waals surface area contributed by atoms with E-state index in [4.69, 9.17) is 0 Å². The number of hydrogen-bond acceptors (Lipinski definition) is 6. The van der Waals surface area contributed by atoms with E-state index in [1.54, 1.807) is 22.9 Å². The molecule has 9 heteroatoms. The van der Waals surface area contributed by atoms with E-state index < -0.39 is 0 Å². The molecule has 0 fully saturated rings. The zero-order valence-electron chi connectivity index (χ0n) is 14.7. The summed E-state index contributed by atoms with van der Waals surface area (Å²) in [5.41, 5.74) is 1.35. The number of amides is 2. The molecule has 2 aromatic rings. The molecule has 1 unspecified atom stereocenters. The van der Waals surface area contributed by atoms with Gasteiger partial charge in [-0.2, -0.15) is 4.68 Å². The monoisotopic (exact) mass is 362 g/mol. The summed E-state index contributed by atoms with van der Waals surface area (Å²) >= 11 is 1.28. The molecule has 0 spiro atoms. The van der Waals surface area contributed by atoms with Crippen LogP contribution in [0, 0.1) is 5.92 Å². The van der Waals surface area contributed by atoms with Crippen LogP contribution in [0.2, 0.25) is 0 Å². The molecule has 0 aliphatic carbocycles. The predicted molar refractivity (Wildman–Crippen MR) is 96.6 cm³/mol. The Bertz CT molecular complexity index is 746. The smallest absolute Gasteiger partial charge is 0.233 e. The van der Waals surface area contributed by atoms with Crippen molar-refractivity contribution >= 4 is 29.3 Å². The number of carbonyl (C=O) groups excluding carboxylic acids is 2. The number of rotatable bonds is 7. The fourth-order valence-electron chi connectivity index (χ4n) is 1.99. The van der Waals surface area contributed by atoms with Gasteiger partial charge in [-0.25, -0.2) is 0 Å². The number of thioether (sulfide) groups is 1. The first-order valence-electron chi connectivity index (χ1n) is 7.97. The lowest BCUT2D eigenvalue weighted by molar-refractivity contribution is -0.120. The van der Waals surface area contributed by atoms with Crippen molar-refractivity contribution < 1.29 is 9.59 Å². The van der Waals surface area contributed by atoms with Crippen molar-refractivity contribution in [2.45, 2.75) is 38.1 Å². The van der Waals surface area contributed by atoms with Crippen molar-refractivity contribution in [2.24, 2.45) is 5.92 Å². The van der Waals surface area contributed by atoms with Gasteiger partial charge in [0, 0.05) is 19.2 Å². The Morgan fingerprint density at radius 3 is 2.72 bits per heavy atom. The summed E-state index contributed by atoms with van der Waals surface area (Å²) in [4.78, 5) is 23.3. The lowest BCUT2D eigenvalue weighted by Crippen LogP contribution is -2.33. The highest BCUT2D eigenvalue weighted by Crippen LogP contribution is 2.24. The molecule has 1 atom stereocenters. The molecule has 0 bridgehead atoms. The molecule has 0 aliphatic heterocycles. The van der Waals surface area contributed by atoms with Crippen molar-refractivity contribution in [3.8, 4) is 5.69 Å². The maximum atomic E-state index is 12.1. The quantitative estimate of drug-likeness (QED) is 0.729. The molecule has 2 rings (SSSR count). The van der Waals surface area contributed by atoms with Crippen molar-refractivity contribution in [3.05, 3.63) is 24.3 Å². The zero-order valence-corrected chi connectivity index (χ0v) is 15.5. The van der Waals surface area contributed by atoms with E-state index in [0.29, 0.717) is 29.0 Å². The van der Waals surface area contributed by atoms with Gasteiger partial charge in [0.15, 0.2) is 0 Å². The molecule has 1 aromatic carbocycles. The van der Waals surface area contributed by atoms with Crippen LogP contribution in [0.1, 0.15) is 27.7 Å². The van der Waals surface area contributed by atoms with Crippen molar-refractivity contribution in [1.29, 1.82) is 0 Å². The Morgan fingerprint density at radius 2 is 2.04 bits per heavy atom. The van der Waals surface area contributed by atoms with Gasteiger partial charge in [0.2, 0.25) is 17.0 Å². The summed E-state index contributed by atoms with van der Waals surface area (Å²) < 4.78 is 1.54. The van der Waals surface area contributed by atoms with Crippen molar-refractivity contribution in [3.63, 3.8) is 0 Å². The van der Waals surface area contributed by atoms with E-state index in [-0.39, 0.29) is 17.1 Å². The van der Waals surface area contributed by atoms with E-state index in [2.05, 4.69) is 26.2 Å². The zero-order chi connectivity index (χ0) is 18.4. The normalized spacial score (nSPS) is 12.0. The number of aromatic nitrogens is 4. The Balaban J connectivity index is 2.12. The van der Waals surface area contributed by atoms with Crippen molar-refractivity contribution in [1.82, 2.24) is 25.5 Å². The third kappa shape index (κ3) is 5.56.